The maximum atomic E-state index is 11.7. The van der Waals surface area contributed by atoms with Gasteiger partial charge in [0.25, 0.3) is 0 Å². The van der Waals surface area contributed by atoms with Gasteiger partial charge >= 0.3 is 15.1 Å². The van der Waals surface area contributed by atoms with Crippen LogP contribution in [-0.4, -0.2) is 47.8 Å². The molecule has 0 radical (unpaired) electrons. The van der Waals surface area contributed by atoms with Gasteiger partial charge in [-0.1, -0.05) is 127 Å². The van der Waals surface area contributed by atoms with Crippen LogP contribution in [0, 0.1) is 0 Å². The molecule has 0 saturated heterocycles. The Bertz CT molecular complexity index is 1420. The van der Waals surface area contributed by atoms with Crippen molar-refractivity contribution >= 4 is 31.9 Å². The monoisotopic (exact) mass is 588 g/mol. The zero-order valence-corrected chi connectivity index (χ0v) is 24.8. The van der Waals surface area contributed by atoms with Gasteiger partial charge in [0, 0.05) is 19.3 Å². The summed E-state index contributed by atoms with van der Waals surface area (Å²) in [5.41, 5.74) is 5.46. The predicted octanol–water partition coefficient (Wildman–Crippen LogP) is 6.22. The molecule has 216 valence electrons. The molecular formula is C36H33AlO6. The van der Waals surface area contributed by atoms with Crippen molar-refractivity contribution in [3.8, 4) is 0 Å². The van der Waals surface area contributed by atoms with Crippen molar-refractivity contribution in [3.63, 3.8) is 0 Å². The highest BCUT2D eigenvalue weighted by molar-refractivity contribution is 6.37. The summed E-state index contributed by atoms with van der Waals surface area (Å²) in [4.78, 5) is 0. The standard InChI is InChI=1S/3C12H11O2.Al/c3*13-12(14)8-4-7-11(9-12)10-5-2-1-3-6-10;/h3*1-8,13H,9H2;/q3*-1;+3. The van der Waals surface area contributed by atoms with E-state index in [1.165, 1.54) is 18.2 Å². The quantitative estimate of drug-likeness (QED) is 0.203. The van der Waals surface area contributed by atoms with E-state index in [1.807, 2.05) is 109 Å². The minimum Gasteiger partial charge on any atom is -0.425 e. The SMILES string of the molecule is OC1([O][Al]([O]C2(O)C=CC=C(c3ccccc3)C2)[O]C2(O)C=CC=C(c3ccccc3)C2)C=CC=C(c2ccccc2)C1. The second kappa shape index (κ2) is 12.6. The van der Waals surface area contributed by atoms with E-state index in [-0.39, 0.29) is 19.3 Å². The molecule has 6 rings (SSSR count). The molecule has 3 aliphatic carbocycles. The topological polar surface area (TPSA) is 88.4 Å². The first kappa shape index (κ1) is 29.5. The van der Waals surface area contributed by atoms with E-state index < -0.39 is 32.5 Å². The molecule has 3 N–H and O–H groups in total. The zero-order valence-electron chi connectivity index (χ0n) is 23.6. The Morgan fingerprint density at radius 3 is 1.00 bits per heavy atom. The Kier molecular flexibility index (Phi) is 8.60. The first-order chi connectivity index (χ1) is 20.8. The Morgan fingerprint density at radius 1 is 0.442 bits per heavy atom. The maximum absolute atomic E-state index is 11.7. The van der Waals surface area contributed by atoms with Crippen LogP contribution in [0.3, 0.4) is 0 Å². The smallest absolute Gasteiger partial charge is 0.425 e. The molecule has 7 heteroatoms. The fraction of sp³-hybridized carbons (Fsp3) is 0.167. The zero-order chi connectivity index (χ0) is 29.8. The maximum Gasteiger partial charge on any atom is 0.912 e. The highest BCUT2D eigenvalue weighted by Gasteiger charge is 2.51. The van der Waals surface area contributed by atoms with Gasteiger partial charge in [-0.15, -0.1) is 0 Å². The fourth-order valence-corrected chi connectivity index (χ4v) is 7.11. The van der Waals surface area contributed by atoms with Gasteiger partial charge in [0.15, 0.2) is 17.4 Å². The predicted molar refractivity (Wildman–Crippen MR) is 168 cm³/mol. The van der Waals surface area contributed by atoms with Crippen LogP contribution in [0.25, 0.3) is 16.7 Å². The molecule has 3 aromatic rings. The molecule has 3 atom stereocenters. The Labute approximate surface area is 256 Å². The third-order valence-corrected chi connectivity index (χ3v) is 9.43. The first-order valence-electron chi connectivity index (χ1n) is 14.3. The summed E-state index contributed by atoms with van der Waals surface area (Å²) in [5, 5.41) is 35.0. The van der Waals surface area contributed by atoms with Gasteiger partial charge in [-0.2, -0.15) is 0 Å². The molecule has 0 bridgehead atoms. The number of hydrogen-bond donors (Lipinski definition) is 3. The highest BCUT2D eigenvalue weighted by Crippen LogP contribution is 2.37. The molecule has 0 fully saturated rings. The van der Waals surface area contributed by atoms with Crippen molar-refractivity contribution in [1.29, 1.82) is 0 Å². The van der Waals surface area contributed by atoms with Crippen molar-refractivity contribution in [2.45, 2.75) is 36.6 Å². The van der Waals surface area contributed by atoms with Crippen LogP contribution in [0.1, 0.15) is 36.0 Å². The second-order valence-corrected chi connectivity index (χ2v) is 12.2. The van der Waals surface area contributed by atoms with Gasteiger partial charge in [0.2, 0.25) is 0 Å². The lowest BCUT2D eigenvalue weighted by Gasteiger charge is -2.38. The molecule has 0 amide bonds. The van der Waals surface area contributed by atoms with Crippen molar-refractivity contribution in [3.05, 3.63) is 162 Å². The average molecular weight is 589 g/mol. The number of rotatable bonds is 9. The number of hydrogen-bond acceptors (Lipinski definition) is 6. The van der Waals surface area contributed by atoms with Gasteiger partial charge in [-0.05, 0) is 51.6 Å². The third kappa shape index (κ3) is 7.31. The Morgan fingerprint density at radius 2 is 0.721 bits per heavy atom. The molecule has 0 saturated carbocycles. The van der Waals surface area contributed by atoms with Crippen molar-refractivity contribution in [2.24, 2.45) is 0 Å². The number of aliphatic hydroxyl groups is 3. The molecule has 3 aliphatic rings. The van der Waals surface area contributed by atoms with Gasteiger partial charge in [-0.25, -0.2) is 0 Å². The summed E-state index contributed by atoms with van der Waals surface area (Å²) in [6.45, 7) is 0. The Hall–Kier alpha value is -3.61. The Balaban J connectivity index is 1.25. The van der Waals surface area contributed by atoms with Crippen LogP contribution in [0.4, 0.5) is 0 Å². The molecule has 3 aromatic carbocycles. The molecule has 0 aromatic heterocycles. The molecular weight excluding hydrogens is 555 g/mol. The van der Waals surface area contributed by atoms with Gasteiger partial charge in [-0.3, -0.25) is 0 Å². The average Bonchev–Trinajstić information content (AvgIpc) is 3.02. The van der Waals surface area contributed by atoms with Crippen molar-refractivity contribution in [1.82, 2.24) is 0 Å². The molecule has 3 unspecified atom stereocenters. The minimum absolute atomic E-state index is 0.136. The summed E-state index contributed by atoms with van der Waals surface area (Å²) in [5.74, 6) is -5.34. The van der Waals surface area contributed by atoms with E-state index in [1.54, 1.807) is 18.2 Å². The normalized spacial score (nSPS) is 26.4. The molecule has 43 heavy (non-hydrogen) atoms. The lowest BCUT2D eigenvalue weighted by atomic mass is 9.94. The molecule has 0 aliphatic heterocycles. The van der Waals surface area contributed by atoms with Crippen LogP contribution in [-0.2, 0) is 11.4 Å². The first-order valence-corrected chi connectivity index (χ1v) is 15.7. The third-order valence-electron chi connectivity index (χ3n) is 7.63. The van der Waals surface area contributed by atoms with Crippen molar-refractivity contribution in [2.75, 3.05) is 0 Å². The van der Waals surface area contributed by atoms with Gasteiger partial charge in [0.1, 0.15) is 0 Å². The molecule has 6 nitrogen and oxygen atoms in total. The summed E-state index contributed by atoms with van der Waals surface area (Å²) >= 11 is -3.50. The van der Waals surface area contributed by atoms with E-state index in [0.29, 0.717) is 0 Å². The van der Waals surface area contributed by atoms with Crippen LogP contribution in [0.2, 0.25) is 0 Å². The fourth-order valence-electron chi connectivity index (χ4n) is 5.48. The summed E-state index contributed by atoms with van der Waals surface area (Å²) in [7, 11) is 0. The van der Waals surface area contributed by atoms with Crippen LogP contribution in [0.15, 0.2) is 146 Å². The largest absolute Gasteiger partial charge is 0.912 e. The lowest BCUT2D eigenvalue weighted by Crippen LogP contribution is -2.51. The van der Waals surface area contributed by atoms with E-state index in [2.05, 4.69) is 0 Å². The number of allylic oxidation sites excluding steroid dienone is 6. The number of benzene rings is 3. The second-order valence-electron chi connectivity index (χ2n) is 11.0. The van der Waals surface area contributed by atoms with Crippen LogP contribution >= 0.6 is 0 Å². The summed E-state index contributed by atoms with van der Waals surface area (Å²) in [6.07, 6.45) is 16.0. The summed E-state index contributed by atoms with van der Waals surface area (Å²) < 4.78 is 18.7. The van der Waals surface area contributed by atoms with E-state index in [9.17, 15) is 15.3 Å². The van der Waals surface area contributed by atoms with Gasteiger partial charge < -0.3 is 26.7 Å². The van der Waals surface area contributed by atoms with Crippen LogP contribution in [0.5, 0.6) is 0 Å². The molecule has 0 heterocycles. The van der Waals surface area contributed by atoms with Crippen LogP contribution < -0.4 is 0 Å². The summed E-state index contributed by atoms with van der Waals surface area (Å²) in [6, 6.07) is 29.2. The van der Waals surface area contributed by atoms with E-state index in [4.69, 9.17) is 11.4 Å². The molecule has 0 spiro atoms. The lowest BCUT2D eigenvalue weighted by molar-refractivity contribution is -0.201. The van der Waals surface area contributed by atoms with E-state index in [0.717, 1.165) is 33.4 Å². The van der Waals surface area contributed by atoms with Gasteiger partial charge in [0.05, 0.1) is 0 Å². The van der Waals surface area contributed by atoms with E-state index >= 15 is 0 Å². The van der Waals surface area contributed by atoms with Crippen molar-refractivity contribution < 1.29 is 26.7 Å². The highest BCUT2D eigenvalue weighted by atomic mass is 27.3. The minimum atomic E-state index is -3.50.